The number of aliphatic hydroxyl groups is 3. The molecule has 0 bridgehead atoms. The first-order chi connectivity index (χ1) is 12.8. The minimum atomic E-state index is -1.51. The van der Waals surface area contributed by atoms with Crippen molar-refractivity contribution in [1.82, 2.24) is 5.32 Å². The van der Waals surface area contributed by atoms with Crippen LogP contribution in [0.4, 0.5) is 0 Å². The Labute approximate surface area is 156 Å². The van der Waals surface area contributed by atoms with Gasteiger partial charge in [-0.3, -0.25) is 4.79 Å². The van der Waals surface area contributed by atoms with Crippen LogP contribution in [0.3, 0.4) is 0 Å². The summed E-state index contributed by atoms with van der Waals surface area (Å²) in [6.45, 7) is 0.911. The van der Waals surface area contributed by atoms with Crippen molar-refractivity contribution in [2.75, 3.05) is 13.7 Å². The summed E-state index contributed by atoms with van der Waals surface area (Å²) in [5, 5.41) is 32.1. The van der Waals surface area contributed by atoms with Gasteiger partial charge in [-0.25, -0.2) is 4.79 Å². The Morgan fingerprint density at radius 3 is 2.41 bits per heavy atom. The molecular weight excluding hydrogens is 358 g/mol. The quantitative estimate of drug-likeness (QED) is 0.428. The third-order valence-corrected chi connectivity index (χ3v) is 4.24. The number of rotatable bonds is 7. The second-order valence-electron chi connectivity index (χ2n) is 6.32. The Bertz CT molecular complexity index is 623. The van der Waals surface area contributed by atoms with Crippen LogP contribution in [0.1, 0.15) is 12.5 Å². The Morgan fingerprint density at radius 2 is 1.81 bits per heavy atom. The first-order valence-corrected chi connectivity index (χ1v) is 8.53. The van der Waals surface area contributed by atoms with Crippen LogP contribution in [0.25, 0.3) is 0 Å². The summed E-state index contributed by atoms with van der Waals surface area (Å²) in [4.78, 5) is 23.8. The van der Waals surface area contributed by atoms with Gasteiger partial charge in [0.1, 0.15) is 37.1 Å². The molecule has 1 fully saturated rings. The van der Waals surface area contributed by atoms with E-state index in [9.17, 15) is 24.9 Å². The minimum absolute atomic E-state index is 0.232. The molecular formula is C18H25NO8. The third kappa shape index (κ3) is 5.72. The molecule has 4 N–H and O–H groups in total. The number of hydrogen-bond acceptors (Lipinski definition) is 8. The average Bonchev–Trinajstić information content (AvgIpc) is 2.65. The number of carbonyl (C=O) groups excluding carboxylic acids is 2. The van der Waals surface area contributed by atoms with Crippen molar-refractivity contribution in [2.24, 2.45) is 0 Å². The highest BCUT2D eigenvalue weighted by molar-refractivity contribution is 5.83. The van der Waals surface area contributed by atoms with E-state index in [1.807, 2.05) is 30.3 Å². The molecule has 9 heteroatoms. The van der Waals surface area contributed by atoms with Crippen LogP contribution in [-0.2, 0) is 30.2 Å². The molecule has 2 rings (SSSR count). The normalized spacial score (nSPS) is 29.0. The standard InChI is InChI=1S/C18H25NO8/c1-10(20)19-12(8-11-6-4-3-5-7-11)17(24)26-9-13-14(21)15(22)16(23)18(25-2)27-13/h3-7,12-16,18,21-23H,8-9H2,1-2H3,(H,19,20)/t12-,13+,14+,15-,16-,18-/m0/s1. The Kier molecular flexibility index (Phi) is 7.69. The lowest BCUT2D eigenvalue weighted by molar-refractivity contribution is -0.295. The van der Waals surface area contributed by atoms with Gasteiger partial charge in [0.2, 0.25) is 5.91 Å². The number of methoxy groups -OCH3 is 1. The lowest BCUT2D eigenvalue weighted by Gasteiger charge is -2.39. The lowest BCUT2D eigenvalue weighted by Crippen LogP contribution is -2.59. The zero-order valence-electron chi connectivity index (χ0n) is 15.1. The van der Waals surface area contributed by atoms with Crippen LogP contribution in [0.15, 0.2) is 30.3 Å². The van der Waals surface area contributed by atoms with Crippen molar-refractivity contribution >= 4 is 11.9 Å². The molecule has 1 aromatic rings. The van der Waals surface area contributed by atoms with Gasteiger partial charge in [0.15, 0.2) is 6.29 Å². The monoisotopic (exact) mass is 383 g/mol. The van der Waals surface area contributed by atoms with Crippen LogP contribution < -0.4 is 5.32 Å². The van der Waals surface area contributed by atoms with E-state index in [0.29, 0.717) is 0 Å². The molecule has 1 aliphatic heterocycles. The highest BCUT2D eigenvalue weighted by Crippen LogP contribution is 2.22. The predicted octanol–water partition coefficient (Wildman–Crippen LogP) is -1.27. The fourth-order valence-electron chi connectivity index (χ4n) is 2.80. The first-order valence-electron chi connectivity index (χ1n) is 8.53. The second-order valence-corrected chi connectivity index (χ2v) is 6.32. The number of esters is 1. The Morgan fingerprint density at radius 1 is 1.15 bits per heavy atom. The number of aliphatic hydroxyl groups excluding tert-OH is 3. The van der Waals surface area contributed by atoms with Crippen molar-refractivity contribution in [2.45, 2.75) is 50.1 Å². The van der Waals surface area contributed by atoms with Crippen molar-refractivity contribution in [1.29, 1.82) is 0 Å². The molecule has 0 spiro atoms. The molecule has 1 aliphatic rings. The van der Waals surface area contributed by atoms with Gasteiger partial charge in [-0.15, -0.1) is 0 Å². The summed E-state index contributed by atoms with van der Waals surface area (Å²) in [5.74, 6) is -1.10. The van der Waals surface area contributed by atoms with Crippen LogP contribution in [0.2, 0.25) is 0 Å². The molecule has 0 saturated carbocycles. The maximum atomic E-state index is 12.4. The van der Waals surface area contributed by atoms with Gasteiger partial charge >= 0.3 is 5.97 Å². The molecule has 1 heterocycles. The van der Waals surface area contributed by atoms with E-state index in [-0.39, 0.29) is 18.9 Å². The summed E-state index contributed by atoms with van der Waals surface area (Å²) in [6.07, 6.45) is -6.43. The molecule has 6 atom stereocenters. The van der Waals surface area contributed by atoms with Gasteiger partial charge in [0.25, 0.3) is 0 Å². The minimum Gasteiger partial charge on any atom is -0.461 e. The molecule has 1 amide bonds. The molecule has 9 nitrogen and oxygen atoms in total. The molecule has 0 aliphatic carbocycles. The van der Waals surface area contributed by atoms with E-state index in [1.165, 1.54) is 14.0 Å². The van der Waals surface area contributed by atoms with E-state index in [0.717, 1.165) is 5.56 Å². The number of hydrogen-bond donors (Lipinski definition) is 4. The summed E-state index contributed by atoms with van der Waals surface area (Å²) >= 11 is 0. The topological polar surface area (TPSA) is 135 Å². The Balaban J connectivity index is 1.98. The zero-order chi connectivity index (χ0) is 20.0. The number of nitrogens with one attached hydrogen (secondary N) is 1. The van der Waals surface area contributed by atoms with Crippen LogP contribution in [-0.4, -0.2) is 77.7 Å². The predicted molar refractivity (Wildman–Crippen MR) is 92.4 cm³/mol. The fraction of sp³-hybridized carbons (Fsp3) is 0.556. The van der Waals surface area contributed by atoms with Crippen molar-refractivity contribution in [3.8, 4) is 0 Å². The first kappa shape index (κ1) is 21.3. The van der Waals surface area contributed by atoms with E-state index in [2.05, 4.69) is 5.32 Å². The van der Waals surface area contributed by atoms with E-state index >= 15 is 0 Å². The van der Waals surface area contributed by atoms with Crippen molar-refractivity contribution in [3.63, 3.8) is 0 Å². The van der Waals surface area contributed by atoms with Crippen LogP contribution in [0.5, 0.6) is 0 Å². The SMILES string of the molecule is CO[C@H]1O[C@H](COC(=O)[C@H](Cc2ccccc2)NC(C)=O)[C@@H](O)[C@H](O)[C@@H]1O. The van der Waals surface area contributed by atoms with Gasteiger partial charge in [0.05, 0.1) is 0 Å². The van der Waals surface area contributed by atoms with Gasteiger partial charge in [-0.1, -0.05) is 30.3 Å². The Hall–Kier alpha value is -2.04. The van der Waals surface area contributed by atoms with Crippen molar-refractivity contribution < 1.29 is 39.1 Å². The highest BCUT2D eigenvalue weighted by atomic mass is 16.7. The summed E-state index contributed by atoms with van der Waals surface area (Å²) < 4.78 is 15.4. The van der Waals surface area contributed by atoms with Gasteiger partial charge in [-0.05, 0) is 5.56 Å². The molecule has 1 saturated heterocycles. The maximum Gasteiger partial charge on any atom is 0.329 e. The molecule has 150 valence electrons. The molecule has 0 aromatic heterocycles. The van der Waals surface area contributed by atoms with E-state index < -0.39 is 42.7 Å². The fourth-order valence-corrected chi connectivity index (χ4v) is 2.80. The molecule has 1 aromatic carbocycles. The number of carbonyl (C=O) groups is 2. The maximum absolute atomic E-state index is 12.4. The molecule has 27 heavy (non-hydrogen) atoms. The van der Waals surface area contributed by atoms with Gasteiger partial charge in [-0.2, -0.15) is 0 Å². The third-order valence-electron chi connectivity index (χ3n) is 4.24. The zero-order valence-corrected chi connectivity index (χ0v) is 15.1. The molecule has 0 radical (unpaired) electrons. The largest absolute Gasteiger partial charge is 0.461 e. The number of benzene rings is 1. The average molecular weight is 383 g/mol. The van der Waals surface area contributed by atoms with Crippen molar-refractivity contribution in [3.05, 3.63) is 35.9 Å². The van der Waals surface area contributed by atoms with Gasteiger partial charge < -0.3 is 34.8 Å². The number of amides is 1. The van der Waals surface area contributed by atoms with E-state index in [1.54, 1.807) is 0 Å². The molecule has 0 unspecified atom stereocenters. The summed E-state index contributed by atoms with van der Waals surface area (Å²) in [7, 11) is 1.27. The smallest absolute Gasteiger partial charge is 0.329 e. The second kappa shape index (κ2) is 9.77. The van der Waals surface area contributed by atoms with Crippen LogP contribution in [0, 0.1) is 0 Å². The lowest BCUT2D eigenvalue weighted by atomic mass is 9.99. The van der Waals surface area contributed by atoms with E-state index in [4.69, 9.17) is 14.2 Å². The van der Waals surface area contributed by atoms with Crippen LogP contribution >= 0.6 is 0 Å². The highest BCUT2D eigenvalue weighted by Gasteiger charge is 2.44. The van der Waals surface area contributed by atoms with Gasteiger partial charge in [0, 0.05) is 20.5 Å². The summed E-state index contributed by atoms with van der Waals surface area (Å²) in [5.41, 5.74) is 0.833. The summed E-state index contributed by atoms with van der Waals surface area (Å²) in [6, 6.07) is 8.18. The number of ether oxygens (including phenoxy) is 3.